The predicted octanol–water partition coefficient (Wildman–Crippen LogP) is 3.15. The fourth-order valence-electron chi connectivity index (χ4n) is 2.71. The molecular weight excluding hydrogens is 224 g/mol. The molecule has 3 nitrogen and oxygen atoms in total. The molecule has 0 bridgehead atoms. The number of hydrogen-bond donors (Lipinski definition) is 1. The van der Waals surface area contributed by atoms with Gasteiger partial charge in [0, 0.05) is 24.8 Å². The molecule has 0 spiro atoms. The number of methoxy groups -OCH3 is 1. The second-order valence-corrected chi connectivity index (χ2v) is 5.21. The normalized spacial score (nSPS) is 23.9. The van der Waals surface area contributed by atoms with Crippen molar-refractivity contribution in [1.29, 1.82) is 0 Å². The van der Waals surface area contributed by atoms with Crippen LogP contribution in [0.3, 0.4) is 0 Å². The van der Waals surface area contributed by atoms with E-state index in [1.165, 1.54) is 37.7 Å². The van der Waals surface area contributed by atoms with Gasteiger partial charge in [0.15, 0.2) is 0 Å². The third kappa shape index (κ3) is 3.70. The maximum Gasteiger partial charge on any atom is 0.213 e. The van der Waals surface area contributed by atoms with Gasteiger partial charge in [-0.15, -0.1) is 0 Å². The summed E-state index contributed by atoms with van der Waals surface area (Å²) in [5, 5.41) is 3.65. The first-order valence-electron chi connectivity index (χ1n) is 7.04. The highest BCUT2D eigenvalue weighted by Crippen LogP contribution is 2.26. The van der Waals surface area contributed by atoms with Crippen molar-refractivity contribution in [3.63, 3.8) is 0 Å². The van der Waals surface area contributed by atoms with E-state index in [0.717, 1.165) is 12.5 Å². The molecule has 0 atom stereocenters. The van der Waals surface area contributed by atoms with Crippen LogP contribution >= 0.6 is 0 Å². The van der Waals surface area contributed by atoms with Gasteiger partial charge in [0.1, 0.15) is 0 Å². The average Bonchev–Trinajstić information content (AvgIpc) is 2.46. The van der Waals surface area contributed by atoms with Crippen LogP contribution < -0.4 is 10.1 Å². The first kappa shape index (κ1) is 13.3. The van der Waals surface area contributed by atoms with E-state index in [4.69, 9.17) is 4.74 Å². The third-order valence-corrected chi connectivity index (χ3v) is 4.03. The summed E-state index contributed by atoms with van der Waals surface area (Å²) in [4.78, 5) is 4.12. The number of hydrogen-bond acceptors (Lipinski definition) is 3. The fraction of sp³-hybridized carbons (Fsp3) is 0.667. The zero-order valence-corrected chi connectivity index (χ0v) is 11.5. The summed E-state index contributed by atoms with van der Waals surface area (Å²) in [5.74, 6) is 1.66. The smallest absolute Gasteiger partial charge is 0.213 e. The monoisotopic (exact) mass is 248 g/mol. The standard InChI is InChI=1S/C15H24N2O/c1-3-12-4-6-14(7-5-12)17-11-13-8-9-16-15(10-13)18-2/h8-10,12,14,17H,3-7,11H2,1-2H3. The minimum atomic E-state index is 0.687. The van der Waals surface area contributed by atoms with Crippen molar-refractivity contribution in [3.05, 3.63) is 23.9 Å². The highest BCUT2D eigenvalue weighted by atomic mass is 16.5. The van der Waals surface area contributed by atoms with Crippen LogP contribution in [0.2, 0.25) is 0 Å². The summed E-state index contributed by atoms with van der Waals surface area (Å²) >= 11 is 0. The van der Waals surface area contributed by atoms with Gasteiger partial charge < -0.3 is 10.1 Å². The van der Waals surface area contributed by atoms with Crippen molar-refractivity contribution >= 4 is 0 Å². The average molecular weight is 248 g/mol. The number of pyridine rings is 1. The highest BCUT2D eigenvalue weighted by molar-refractivity contribution is 5.20. The first-order chi connectivity index (χ1) is 8.81. The molecule has 0 saturated heterocycles. The first-order valence-corrected chi connectivity index (χ1v) is 7.04. The summed E-state index contributed by atoms with van der Waals surface area (Å²) in [7, 11) is 1.66. The maximum absolute atomic E-state index is 5.14. The Balaban J connectivity index is 1.77. The minimum absolute atomic E-state index is 0.687. The van der Waals surface area contributed by atoms with Crippen molar-refractivity contribution in [1.82, 2.24) is 10.3 Å². The zero-order valence-electron chi connectivity index (χ0n) is 11.5. The van der Waals surface area contributed by atoms with Crippen LogP contribution in [0.15, 0.2) is 18.3 Å². The van der Waals surface area contributed by atoms with Gasteiger partial charge in [-0.3, -0.25) is 0 Å². The van der Waals surface area contributed by atoms with E-state index in [0.29, 0.717) is 11.9 Å². The van der Waals surface area contributed by atoms with Gasteiger partial charge >= 0.3 is 0 Å². The van der Waals surface area contributed by atoms with E-state index in [1.807, 2.05) is 18.3 Å². The Morgan fingerprint density at radius 2 is 2.11 bits per heavy atom. The van der Waals surface area contributed by atoms with Crippen LogP contribution in [0.1, 0.15) is 44.6 Å². The predicted molar refractivity (Wildman–Crippen MR) is 73.7 cm³/mol. The van der Waals surface area contributed by atoms with Crippen LogP contribution in [-0.2, 0) is 6.54 Å². The lowest BCUT2D eigenvalue weighted by Crippen LogP contribution is -2.32. The molecule has 0 aromatic carbocycles. The molecule has 1 N–H and O–H groups in total. The van der Waals surface area contributed by atoms with Gasteiger partial charge in [-0.1, -0.05) is 13.3 Å². The van der Waals surface area contributed by atoms with Crippen molar-refractivity contribution in [3.8, 4) is 5.88 Å². The van der Waals surface area contributed by atoms with Crippen LogP contribution in [0.4, 0.5) is 0 Å². The van der Waals surface area contributed by atoms with Gasteiger partial charge in [0.25, 0.3) is 0 Å². The molecule has 1 aromatic rings. The van der Waals surface area contributed by atoms with E-state index in [2.05, 4.69) is 17.2 Å². The lowest BCUT2D eigenvalue weighted by molar-refractivity contribution is 0.285. The molecule has 2 rings (SSSR count). The van der Waals surface area contributed by atoms with Crippen molar-refractivity contribution < 1.29 is 4.74 Å². The van der Waals surface area contributed by atoms with Gasteiger partial charge in [0.05, 0.1) is 7.11 Å². The van der Waals surface area contributed by atoms with Crippen molar-refractivity contribution in [2.45, 2.75) is 51.6 Å². The summed E-state index contributed by atoms with van der Waals surface area (Å²) in [6.45, 7) is 3.22. The molecule has 100 valence electrons. The molecule has 18 heavy (non-hydrogen) atoms. The van der Waals surface area contributed by atoms with Crippen LogP contribution in [-0.4, -0.2) is 18.1 Å². The van der Waals surface area contributed by atoms with Crippen molar-refractivity contribution in [2.75, 3.05) is 7.11 Å². The molecule has 0 radical (unpaired) electrons. The molecule has 1 fully saturated rings. The summed E-state index contributed by atoms with van der Waals surface area (Å²) < 4.78 is 5.14. The second-order valence-electron chi connectivity index (χ2n) is 5.21. The molecule has 0 unspecified atom stereocenters. The second kappa shape index (κ2) is 6.74. The largest absolute Gasteiger partial charge is 0.481 e. The highest BCUT2D eigenvalue weighted by Gasteiger charge is 2.19. The summed E-state index contributed by atoms with van der Waals surface area (Å²) in [6.07, 6.45) is 8.56. The lowest BCUT2D eigenvalue weighted by Gasteiger charge is -2.28. The molecule has 3 heteroatoms. The number of aromatic nitrogens is 1. The van der Waals surface area contributed by atoms with E-state index in [9.17, 15) is 0 Å². The molecular formula is C15H24N2O. The Labute approximate surface area is 110 Å². The summed E-state index contributed by atoms with van der Waals surface area (Å²) in [6, 6.07) is 4.74. The lowest BCUT2D eigenvalue weighted by atomic mass is 9.84. The molecule has 1 saturated carbocycles. The number of rotatable bonds is 5. The SMILES string of the molecule is CCC1CCC(NCc2ccnc(OC)c2)CC1. The van der Waals surface area contributed by atoms with Crippen LogP contribution in [0.5, 0.6) is 5.88 Å². The van der Waals surface area contributed by atoms with E-state index in [-0.39, 0.29) is 0 Å². The zero-order chi connectivity index (χ0) is 12.8. The molecule has 0 amide bonds. The van der Waals surface area contributed by atoms with Gasteiger partial charge in [-0.2, -0.15) is 0 Å². The van der Waals surface area contributed by atoms with Crippen molar-refractivity contribution in [2.24, 2.45) is 5.92 Å². The maximum atomic E-state index is 5.14. The Hall–Kier alpha value is -1.09. The van der Waals surface area contributed by atoms with Gasteiger partial charge in [-0.25, -0.2) is 4.98 Å². The molecule has 1 heterocycles. The topological polar surface area (TPSA) is 34.2 Å². The number of nitrogens with zero attached hydrogens (tertiary/aromatic N) is 1. The van der Waals surface area contributed by atoms with Gasteiger partial charge in [-0.05, 0) is 43.2 Å². The Morgan fingerprint density at radius 1 is 1.33 bits per heavy atom. The summed E-state index contributed by atoms with van der Waals surface area (Å²) in [5.41, 5.74) is 1.25. The van der Waals surface area contributed by atoms with E-state index < -0.39 is 0 Å². The molecule has 0 aliphatic heterocycles. The van der Waals surface area contributed by atoms with Crippen LogP contribution in [0.25, 0.3) is 0 Å². The number of ether oxygens (including phenoxy) is 1. The number of nitrogens with one attached hydrogen (secondary N) is 1. The molecule has 1 aliphatic rings. The fourth-order valence-corrected chi connectivity index (χ4v) is 2.71. The quantitative estimate of drug-likeness (QED) is 0.869. The van der Waals surface area contributed by atoms with E-state index in [1.54, 1.807) is 7.11 Å². The molecule has 1 aliphatic carbocycles. The Kier molecular flexibility index (Phi) is 5.00. The Bertz CT molecular complexity index is 359. The van der Waals surface area contributed by atoms with Gasteiger partial charge in [0.2, 0.25) is 5.88 Å². The van der Waals surface area contributed by atoms with E-state index >= 15 is 0 Å². The Morgan fingerprint density at radius 3 is 2.78 bits per heavy atom. The minimum Gasteiger partial charge on any atom is -0.481 e. The van der Waals surface area contributed by atoms with Crippen LogP contribution in [0, 0.1) is 5.92 Å². The third-order valence-electron chi connectivity index (χ3n) is 4.03. The molecule has 1 aromatic heterocycles.